The molecule has 4 nitrogen and oxygen atoms in total. The SMILES string of the molecule is CCCCc1c(N2c3ccc(-c4ccccc4)cc3B3c4ccc(-n5c6ccccc6c6ccccc65)cc4Oc4cc(C(C)(C)C)cc2c43)ccc2c1oc1ccccc12. The molecule has 294 valence electrons. The number of unbranched alkanes of at least 4 members (excludes halogenated alkanes) is 1. The number of aryl methyl sites for hydroxylation is 1. The third kappa shape index (κ3) is 5.46. The van der Waals surface area contributed by atoms with Crippen LogP contribution in [0.3, 0.4) is 0 Å². The summed E-state index contributed by atoms with van der Waals surface area (Å²) in [5, 5.41) is 4.82. The Morgan fingerprint density at radius 2 is 1.26 bits per heavy atom. The Balaban J connectivity index is 1.13. The van der Waals surface area contributed by atoms with Gasteiger partial charge in [0, 0.05) is 50.2 Å². The number of nitrogens with zero attached hydrogens (tertiary/aromatic N) is 2. The molecule has 4 heterocycles. The lowest BCUT2D eigenvalue weighted by Crippen LogP contribution is -2.59. The number of para-hydroxylation sites is 3. The highest BCUT2D eigenvalue weighted by Gasteiger charge is 2.43. The van der Waals surface area contributed by atoms with Crippen LogP contribution in [-0.4, -0.2) is 11.3 Å². The Hall–Kier alpha value is -6.98. The summed E-state index contributed by atoms with van der Waals surface area (Å²) in [5.41, 5.74) is 17.3. The van der Waals surface area contributed by atoms with Crippen molar-refractivity contribution in [2.75, 3.05) is 4.90 Å². The second-order valence-electron chi connectivity index (χ2n) is 17.9. The summed E-state index contributed by atoms with van der Waals surface area (Å²) in [6.07, 6.45) is 3.06. The normalized spacial score (nSPS) is 13.2. The Kier molecular flexibility index (Phi) is 7.96. The highest BCUT2D eigenvalue weighted by molar-refractivity contribution is 6.99. The maximum absolute atomic E-state index is 7.28. The molecule has 0 spiro atoms. The summed E-state index contributed by atoms with van der Waals surface area (Å²) in [4.78, 5) is 2.53. The van der Waals surface area contributed by atoms with E-state index in [0.29, 0.717) is 0 Å². The maximum Gasteiger partial charge on any atom is 0.256 e. The van der Waals surface area contributed by atoms with E-state index in [0.717, 1.165) is 64.4 Å². The fraction of sp³-hybridized carbons (Fsp3) is 0.143. The van der Waals surface area contributed by atoms with Crippen molar-refractivity contribution in [3.05, 3.63) is 175 Å². The first kappa shape index (κ1) is 35.9. The predicted octanol–water partition coefficient (Wildman–Crippen LogP) is 13.4. The lowest BCUT2D eigenvalue weighted by atomic mass is 9.34. The molecule has 0 bridgehead atoms. The Labute approximate surface area is 356 Å². The fourth-order valence-electron chi connectivity index (χ4n) is 10.2. The first-order valence-electron chi connectivity index (χ1n) is 21.8. The fourth-order valence-corrected chi connectivity index (χ4v) is 10.2. The van der Waals surface area contributed by atoms with Crippen molar-refractivity contribution < 1.29 is 9.15 Å². The minimum absolute atomic E-state index is 0.0566. The van der Waals surface area contributed by atoms with Gasteiger partial charge < -0.3 is 18.6 Å². The van der Waals surface area contributed by atoms with Gasteiger partial charge in [-0.05, 0) is 106 Å². The number of benzene rings is 8. The molecule has 0 unspecified atom stereocenters. The molecule has 2 aliphatic rings. The number of rotatable bonds is 6. The summed E-state index contributed by atoms with van der Waals surface area (Å²) < 4.78 is 16.5. The van der Waals surface area contributed by atoms with Crippen molar-refractivity contribution in [3.63, 3.8) is 0 Å². The highest BCUT2D eigenvalue weighted by Crippen LogP contribution is 2.47. The Morgan fingerprint density at radius 3 is 2.02 bits per heavy atom. The average Bonchev–Trinajstić information content (AvgIpc) is 3.84. The van der Waals surface area contributed by atoms with Crippen LogP contribution in [0.1, 0.15) is 51.7 Å². The summed E-state index contributed by atoms with van der Waals surface area (Å²) in [6, 6.07) is 60.0. The van der Waals surface area contributed by atoms with E-state index in [-0.39, 0.29) is 12.1 Å². The molecule has 61 heavy (non-hydrogen) atoms. The third-order valence-corrected chi connectivity index (χ3v) is 13.2. The second kappa shape index (κ2) is 13.5. The van der Waals surface area contributed by atoms with E-state index in [1.165, 1.54) is 71.5 Å². The summed E-state index contributed by atoms with van der Waals surface area (Å²) >= 11 is 0. The smallest absolute Gasteiger partial charge is 0.256 e. The molecule has 10 aromatic rings. The van der Waals surface area contributed by atoms with Gasteiger partial charge in [-0.15, -0.1) is 0 Å². The standard InChI is InChI=1S/C56H45BN2O2/c1-5-6-18-43-48(30-27-42-41-21-12-15-24-51(41)61-55(42)43)59-49-29-25-36(35-16-8-7-9-17-35)31-45(49)57-44-28-26-38(58-46-22-13-10-19-39(46)40-20-11-14-23-47(40)58)34-52(44)60-53-33-37(56(2,3)4)32-50(59)54(53)57/h7-17,19-34H,5-6,18H2,1-4H3. The summed E-state index contributed by atoms with van der Waals surface area (Å²) in [7, 11) is 0. The molecule has 0 radical (unpaired) electrons. The zero-order valence-electron chi connectivity index (χ0n) is 35.0. The molecule has 0 atom stereocenters. The first-order chi connectivity index (χ1) is 29.9. The highest BCUT2D eigenvalue weighted by atomic mass is 16.5. The molecule has 0 amide bonds. The van der Waals surface area contributed by atoms with Crippen LogP contribution in [0, 0.1) is 0 Å². The van der Waals surface area contributed by atoms with Gasteiger partial charge in [0.1, 0.15) is 22.7 Å². The minimum Gasteiger partial charge on any atom is -0.458 e. The topological polar surface area (TPSA) is 30.5 Å². The number of ether oxygens (including phenoxy) is 1. The maximum atomic E-state index is 7.28. The molecular formula is C56H45BN2O2. The van der Waals surface area contributed by atoms with Crippen molar-refractivity contribution in [1.29, 1.82) is 0 Å². The van der Waals surface area contributed by atoms with Crippen molar-refractivity contribution in [3.8, 4) is 28.3 Å². The number of hydrogen-bond donors (Lipinski definition) is 0. The summed E-state index contributed by atoms with van der Waals surface area (Å²) in [5.74, 6) is 1.81. The quantitative estimate of drug-likeness (QED) is 0.157. The number of anilines is 3. The van der Waals surface area contributed by atoms with Gasteiger partial charge in [-0.1, -0.05) is 137 Å². The predicted molar refractivity (Wildman–Crippen MR) is 257 cm³/mol. The van der Waals surface area contributed by atoms with Gasteiger partial charge in [0.25, 0.3) is 6.71 Å². The van der Waals surface area contributed by atoms with Crippen molar-refractivity contribution in [1.82, 2.24) is 4.57 Å². The van der Waals surface area contributed by atoms with Gasteiger partial charge in [0.15, 0.2) is 0 Å². The largest absolute Gasteiger partial charge is 0.458 e. The Morgan fingerprint density at radius 1 is 0.557 bits per heavy atom. The molecule has 0 saturated heterocycles. The van der Waals surface area contributed by atoms with E-state index in [4.69, 9.17) is 9.15 Å². The molecule has 8 aromatic carbocycles. The number of furan rings is 1. The second-order valence-corrected chi connectivity index (χ2v) is 17.9. The van der Waals surface area contributed by atoms with E-state index in [1.807, 2.05) is 0 Å². The molecular weight excluding hydrogens is 743 g/mol. The van der Waals surface area contributed by atoms with Crippen LogP contribution < -0.4 is 26.0 Å². The van der Waals surface area contributed by atoms with Gasteiger partial charge in [0.05, 0.1) is 16.7 Å². The van der Waals surface area contributed by atoms with E-state index in [1.54, 1.807) is 0 Å². The minimum atomic E-state index is -0.133. The molecule has 0 fully saturated rings. The summed E-state index contributed by atoms with van der Waals surface area (Å²) in [6.45, 7) is 9.12. The van der Waals surface area contributed by atoms with Crippen LogP contribution in [0.25, 0.3) is 60.6 Å². The van der Waals surface area contributed by atoms with Crippen LogP contribution in [-0.2, 0) is 11.8 Å². The number of aromatic nitrogens is 1. The van der Waals surface area contributed by atoms with E-state index < -0.39 is 0 Å². The molecule has 5 heteroatoms. The van der Waals surface area contributed by atoms with Crippen molar-refractivity contribution >= 4 is 83.9 Å². The van der Waals surface area contributed by atoms with E-state index >= 15 is 0 Å². The van der Waals surface area contributed by atoms with Crippen LogP contribution >= 0.6 is 0 Å². The first-order valence-corrected chi connectivity index (χ1v) is 21.8. The number of fused-ring (bicyclic) bond motifs is 10. The average molecular weight is 789 g/mol. The zero-order valence-corrected chi connectivity index (χ0v) is 35.0. The van der Waals surface area contributed by atoms with Crippen LogP contribution in [0.5, 0.6) is 11.5 Å². The van der Waals surface area contributed by atoms with Crippen molar-refractivity contribution in [2.45, 2.75) is 52.4 Å². The van der Waals surface area contributed by atoms with Gasteiger partial charge in [-0.25, -0.2) is 0 Å². The van der Waals surface area contributed by atoms with E-state index in [2.05, 4.69) is 201 Å². The molecule has 2 aromatic heterocycles. The molecule has 12 rings (SSSR count). The molecule has 2 aliphatic heterocycles. The lowest BCUT2D eigenvalue weighted by Gasteiger charge is -2.42. The van der Waals surface area contributed by atoms with Crippen LogP contribution in [0.4, 0.5) is 17.1 Å². The monoisotopic (exact) mass is 788 g/mol. The third-order valence-electron chi connectivity index (χ3n) is 13.2. The number of hydrogen-bond acceptors (Lipinski definition) is 3. The van der Waals surface area contributed by atoms with Gasteiger partial charge in [-0.3, -0.25) is 0 Å². The van der Waals surface area contributed by atoms with Gasteiger partial charge >= 0.3 is 0 Å². The van der Waals surface area contributed by atoms with Crippen LogP contribution in [0.2, 0.25) is 0 Å². The Bertz CT molecular complexity index is 3330. The van der Waals surface area contributed by atoms with E-state index in [9.17, 15) is 0 Å². The lowest BCUT2D eigenvalue weighted by molar-refractivity contribution is 0.483. The van der Waals surface area contributed by atoms with Crippen LogP contribution in [0.15, 0.2) is 168 Å². The zero-order chi connectivity index (χ0) is 41.0. The molecule has 0 N–H and O–H groups in total. The van der Waals surface area contributed by atoms with Crippen molar-refractivity contribution in [2.24, 2.45) is 0 Å². The molecule has 0 aliphatic carbocycles. The van der Waals surface area contributed by atoms with Gasteiger partial charge in [0.2, 0.25) is 0 Å². The molecule has 0 saturated carbocycles. The van der Waals surface area contributed by atoms with Gasteiger partial charge in [-0.2, -0.15) is 0 Å².